The first-order valence-electron chi connectivity index (χ1n) is 13.4. The number of nitrogens with two attached hydrogens (primary N) is 1. The van der Waals surface area contributed by atoms with E-state index in [1.165, 1.54) is 10.5 Å². The Morgan fingerprint density at radius 1 is 1.15 bits per heavy atom. The van der Waals surface area contributed by atoms with Gasteiger partial charge in [0.1, 0.15) is 11.7 Å². The molecule has 0 aliphatic rings. The number of benzene rings is 2. The van der Waals surface area contributed by atoms with Crippen molar-refractivity contribution in [2.45, 2.75) is 54.0 Å². The standard InChI is InChI=1S/C27H33N5O3.C2H6.CH4N2/c1-5-7-8-24(28)32(16-15-26(33)35-6-2)27(34)20-11-14-23-22(17-20)30-25(31(23)4)18-29-21-12-9-19(3)10-13-21;1-2;2-1-3/h7-14,17,28-29H,5-6,15-16,18H2,1-4H3;1-2H3;1H,(H3,2,3)/b8-7-,28-24?;;. The van der Waals surface area contributed by atoms with Crippen molar-refractivity contribution >= 4 is 40.8 Å². The van der Waals surface area contributed by atoms with Gasteiger partial charge in [0.2, 0.25) is 0 Å². The summed E-state index contributed by atoms with van der Waals surface area (Å²) in [6, 6.07) is 13.5. The van der Waals surface area contributed by atoms with Crippen molar-refractivity contribution in [1.29, 1.82) is 10.8 Å². The van der Waals surface area contributed by atoms with Gasteiger partial charge in [-0.1, -0.05) is 44.5 Å². The number of fused-ring (bicyclic) bond motifs is 1. The minimum absolute atomic E-state index is 0.0165. The Bertz CT molecular complexity index is 1280. The number of aromatic nitrogens is 2. The molecule has 0 saturated heterocycles. The number of imidazole rings is 1. The van der Waals surface area contributed by atoms with Crippen LogP contribution in [0.4, 0.5) is 5.69 Å². The minimum Gasteiger partial charge on any atom is -0.466 e. The molecule has 1 amide bonds. The molecular formula is C30H43N7O3. The van der Waals surface area contributed by atoms with Gasteiger partial charge in [-0.25, -0.2) is 4.98 Å². The highest BCUT2D eigenvalue weighted by Crippen LogP contribution is 2.20. The molecule has 216 valence electrons. The third-order valence-corrected chi connectivity index (χ3v) is 5.61. The van der Waals surface area contributed by atoms with E-state index in [1.54, 1.807) is 25.1 Å². The minimum atomic E-state index is -0.400. The largest absolute Gasteiger partial charge is 0.466 e. The van der Waals surface area contributed by atoms with E-state index >= 15 is 0 Å². The van der Waals surface area contributed by atoms with Crippen LogP contribution in [0.2, 0.25) is 0 Å². The number of rotatable bonds is 10. The number of amides is 1. The van der Waals surface area contributed by atoms with Crippen LogP contribution in [0.5, 0.6) is 0 Å². The molecule has 0 radical (unpaired) electrons. The Labute approximate surface area is 237 Å². The summed E-state index contributed by atoms with van der Waals surface area (Å²) in [4.78, 5) is 31.2. The third-order valence-electron chi connectivity index (χ3n) is 5.61. The van der Waals surface area contributed by atoms with E-state index in [9.17, 15) is 9.59 Å². The first-order chi connectivity index (χ1) is 19.2. The van der Waals surface area contributed by atoms with Crippen molar-refractivity contribution in [2.75, 3.05) is 18.5 Å². The second-order valence-corrected chi connectivity index (χ2v) is 8.38. The number of carbonyl (C=O) groups excluding carboxylic acids is 2. The molecule has 0 bridgehead atoms. The monoisotopic (exact) mass is 549 g/mol. The van der Waals surface area contributed by atoms with Gasteiger partial charge in [0.15, 0.2) is 0 Å². The van der Waals surface area contributed by atoms with Gasteiger partial charge in [-0.3, -0.25) is 25.3 Å². The average molecular weight is 550 g/mol. The predicted octanol–water partition coefficient (Wildman–Crippen LogP) is 5.41. The molecule has 0 aliphatic carbocycles. The van der Waals surface area contributed by atoms with Crippen LogP contribution >= 0.6 is 0 Å². The number of carbonyl (C=O) groups is 2. The van der Waals surface area contributed by atoms with E-state index in [-0.39, 0.29) is 31.3 Å². The van der Waals surface area contributed by atoms with Crippen LogP contribution in [0.25, 0.3) is 11.0 Å². The van der Waals surface area contributed by atoms with Gasteiger partial charge in [0.25, 0.3) is 5.91 Å². The molecule has 0 unspecified atom stereocenters. The number of hydrogen-bond acceptors (Lipinski definition) is 7. The zero-order chi connectivity index (χ0) is 30.1. The van der Waals surface area contributed by atoms with Gasteiger partial charge in [0.05, 0.1) is 36.9 Å². The number of amidine groups is 1. The summed E-state index contributed by atoms with van der Waals surface area (Å²) in [5.74, 6) is 0.114. The summed E-state index contributed by atoms with van der Waals surface area (Å²) in [6.45, 7) is 10.6. The predicted molar refractivity (Wildman–Crippen MR) is 163 cm³/mol. The lowest BCUT2D eigenvalue weighted by molar-refractivity contribution is -0.143. The molecule has 1 heterocycles. The highest BCUT2D eigenvalue weighted by atomic mass is 16.5. The van der Waals surface area contributed by atoms with Crippen molar-refractivity contribution in [3.8, 4) is 0 Å². The normalized spacial score (nSPS) is 10.2. The van der Waals surface area contributed by atoms with Gasteiger partial charge < -0.3 is 20.4 Å². The van der Waals surface area contributed by atoms with E-state index in [0.717, 1.165) is 29.8 Å². The maximum absolute atomic E-state index is 13.3. The molecule has 0 saturated carbocycles. The molecule has 40 heavy (non-hydrogen) atoms. The molecule has 1 aromatic heterocycles. The zero-order valence-electron chi connectivity index (χ0n) is 24.5. The van der Waals surface area contributed by atoms with Gasteiger partial charge >= 0.3 is 5.97 Å². The maximum Gasteiger partial charge on any atom is 0.307 e. The Morgan fingerprint density at radius 2 is 1.80 bits per heavy atom. The van der Waals surface area contributed by atoms with Crippen LogP contribution < -0.4 is 11.1 Å². The van der Waals surface area contributed by atoms with Crippen LogP contribution in [0.15, 0.2) is 54.6 Å². The number of ether oxygens (including phenoxy) is 1. The number of aryl methyl sites for hydroxylation is 2. The first kappa shape index (κ1) is 33.6. The highest BCUT2D eigenvalue weighted by molar-refractivity contribution is 6.10. The zero-order valence-corrected chi connectivity index (χ0v) is 24.5. The quantitative estimate of drug-likeness (QED) is 0.151. The fraction of sp³-hybridized carbons (Fsp3) is 0.367. The summed E-state index contributed by atoms with van der Waals surface area (Å²) in [5.41, 5.74) is 8.60. The number of allylic oxidation sites excluding steroid dienone is 1. The molecule has 2 aromatic carbocycles. The molecule has 5 N–H and O–H groups in total. The molecular weight excluding hydrogens is 506 g/mol. The van der Waals surface area contributed by atoms with Crippen molar-refractivity contribution in [1.82, 2.24) is 14.5 Å². The van der Waals surface area contributed by atoms with Gasteiger partial charge in [0, 0.05) is 24.8 Å². The molecule has 0 aliphatic heterocycles. The lowest BCUT2D eigenvalue weighted by Gasteiger charge is -2.21. The molecule has 3 rings (SSSR count). The van der Waals surface area contributed by atoms with E-state index in [4.69, 9.17) is 20.5 Å². The molecule has 10 heteroatoms. The Morgan fingerprint density at radius 3 is 2.40 bits per heavy atom. The summed E-state index contributed by atoms with van der Waals surface area (Å²) in [5, 5.41) is 17.6. The number of nitrogens with one attached hydrogen (secondary N) is 3. The summed E-state index contributed by atoms with van der Waals surface area (Å²) >= 11 is 0. The topological polar surface area (TPSA) is 150 Å². The second kappa shape index (κ2) is 17.9. The number of anilines is 1. The highest BCUT2D eigenvalue weighted by Gasteiger charge is 2.21. The molecule has 3 aromatic rings. The third kappa shape index (κ3) is 10.0. The number of nitrogens with zero attached hydrogens (tertiary/aromatic N) is 3. The molecule has 0 spiro atoms. The van der Waals surface area contributed by atoms with Gasteiger partial charge in [-0.2, -0.15) is 0 Å². The number of esters is 1. The smallest absolute Gasteiger partial charge is 0.307 e. The van der Waals surface area contributed by atoms with Crippen LogP contribution in [-0.2, 0) is 23.1 Å². The molecule has 0 fully saturated rings. The Balaban J connectivity index is 0.00000150. The van der Waals surface area contributed by atoms with Crippen LogP contribution in [0.3, 0.4) is 0 Å². The van der Waals surface area contributed by atoms with Gasteiger partial charge in [-0.15, -0.1) is 0 Å². The van der Waals surface area contributed by atoms with Crippen LogP contribution in [0, 0.1) is 17.7 Å². The Kier molecular flexibility index (Phi) is 15.0. The van der Waals surface area contributed by atoms with E-state index in [2.05, 4.69) is 23.2 Å². The SMILES string of the molecule is CC.CC/C=C\C(=N)N(CCC(=O)OCC)C(=O)c1ccc2c(c1)nc(CNc1ccc(C)cc1)n2C.N=CN. The first-order valence-corrected chi connectivity index (χ1v) is 13.4. The van der Waals surface area contributed by atoms with Crippen LogP contribution in [0.1, 0.15) is 62.3 Å². The van der Waals surface area contributed by atoms with Crippen molar-refractivity contribution in [3.63, 3.8) is 0 Å². The summed E-state index contributed by atoms with van der Waals surface area (Å²) < 4.78 is 6.98. The van der Waals surface area contributed by atoms with E-state index in [0.29, 0.717) is 17.6 Å². The van der Waals surface area contributed by atoms with E-state index in [1.807, 2.05) is 63.6 Å². The summed E-state index contributed by atoms with van der Waals surface area (Å²) in [7, 11) is 1.94. The summed E-state index contributed by atoms with van der Waals surface area (Å²) in [6.07, 6.45) is 4.89. The Hall–Kier alpha value is -4.47. The maximum atomic E-state index is 13.3. The fourth-order valence-corrected chi connectivity index (χ4v) is 3.64. The van der Waals surface area contributed by atoms with Crippen molar-refractivity contribution in [3.05, 3.63) is 71.6 Å². The second-order valence-electron chi connectivity index (χ2n) is 8.38. The fourth-order valence-electron chi connectivity index (χ4n) is 3.64. The molecule has 0 atom stereocenters. The van der Waals surface area contributed by atoms with Crippen molar-refractivity contribution in [2.24, 2.45) is 12.8 Å². The lowest BCUT2D eigenvalue weighted by Crippen LogP contribution is -2.37. The molecule has 10 nitrogen and oxygen atoms in total. The van der Waals surface area contributed by atoms with Gasteiger partial charge in [-0.05, 0) is 56.7 Å². The number of hydrogen-bond donors (Lipinski definition) is 4. The lowest BCUT2D eigenvalue weighted by atomic mass is 10.1. The van der Waals surface area contributed by atoms with E-state index < -0.39 is 5.97 Å². The average Bonchev–Trinajstić information content (AvgIpc) is 3.27. The van der Waals surface area contributed by atoms with Crippen molar-refractivity contribution < 1.29 is 14.3 Å². The van der Waals surface area contributed by atoms with Crippen LogP contribution in [-0.4, -0.2) is 51.7 Å².